The number of halogens is 1. The van der Waals surface area contributed by atoms with E-state index in [2.05, 4.69) is 0 Å². The monoisotopic (exact) mass is 474 g/mol. The Balaban J connectivity index is 1.40. The van der Waals surface area contributed by atoms with Crippen molar-refractivity contribution in [2.45, 2.75) is 9.79 Å². The van der Waals surface area contributed by atoms with Gasteiger partial charge in [0.2, 0.25) is 5.91 Å². The number of hydrogen-bond acceptors (Lipinski definition) is 6. The third kappa shape index (κ3) is 5.51. The molecule has 3 amide bonds. The third-order valence-corrected chi connectivity index (χ3v) is 6.93. The van der Waals surface area contributed by atoms with Gasteiger partial charge in [0.25, 0.3) is 11.1 Å². The number of carbonyl (C=O) groups is 3. The topological polar surface area (TPSA) is 66.9 Å². The molecule has 4 rings (SSSR count). The second-order valence-electron chi connectivity index (χ2n) is 6.89. The van der Waals surface area contributed by atoms with Gasteiger partial charge >= 0.3 is 0 Å². The van der Waals surface area contributed by atoms with Gasteiger partial charge in [0.15, 0.2) is 0 Å². The van der Waals surface area contributed by atoms with Gasteiger partial charge < -0.3 is 9.64 Å². The van der Waals surface area contributed by atoms with Crippen molar-refractivity contribution in [3.05, 3.63) is 64.0 Å². The molecule has 0 unspecified atom stereocenters. The minimum absolute atomic E-state index is 0.237. The largest absolute Gasteiger partial charge is 0.378 e. The molecule has 2 aromatic carbocycles. The molecule has 2 aromatic rings. The maximum atomic E-state index is 12.7. The van der Waals surface area contributed by atoms with E-state index in [4.69, 9.17) is 16.3 Å². The zero-order chi connectivity index (χ0) is 21.8. The lowest BCUT2D eigenvalue weighted by Gasteiger charge is -2.28. The van der Waals surface area contributed by atoms with Gasteiger partial charge in [-0.2, -0.15) is 0 Å². The van der Waals surface area contributed by atoms with E-state index in [1.807, 2.05) is 48.5 Å². The van der Waals surface area contributed by atoms with Crippen molar-refractivity contribution in [3.8, 4) is 0 Å². The second-order valence-corrected chi connectivity index (χ2v) is 9.46. The van der Waals surface area contributed by atoms with Gasteiger partial charge in [-0.3, -0.25) is 19.3 Å². The van der Waals surface area contributed by atoms with Crippen molar-refractivity contribution >= 4 is 58.3 Å². The molecule has 0 spiro atoms. The number of thioether (sulfide) groups is 1. The summed E-state index contributed by atoms with van der Waals surface area (Å²) < 4.78 is 5.23. The molecule has 9 heteroatoms. The lowest BCUT2D eigenvalue weighted by Crippen LogP contribution is -2.46. The lowest BCUT2D eigenvalue weighted by molar-refractivity contribution is -0.139. The molecule has 0 radical (unpaired) electrons. The highest BCUT2D eigenvalue weighted by Crippen LogP contribution is 2.33. The molecule has 2 heterocycles. The molecule has 0 aromatic heterocycles. The molecule has 2 saturated heterocycles. The first-order valence-corrected chi connectivity index (χ1v) is 11.6. The molecule has 0 aliphatic carbocycles. The minimum Gasteiger partial charge on any atom is -0.378 e. The van der Waals surface area contributed by atoms with Crippen LogP contribution in [0.4, 0.5) is 4.79 Å². The normalized spacial score (nSPS) is 18.2. The summed E-state index contributed by atoms with van der Waals surface area (Å²) in [5, 5.41) is 0.271. The summed E-state index contributed by atoms with van der Waals surface area (Å²) in [6, 6.07) is 15.3. The number of nitrogens with zero attached hydrogens (tertiary/aromatic N) is 2. The Hall–Kier alpha value is -2.26. The number of rotatable bonds is 5. The zero-order valence-corrected chi connectivity index (χ0v) is 18.8. The number of morpholine rings is 1. The van der Waals surface area contributed by atoms with Crippen LogP contribution in [0.15, 0.2) is 63.2 Å². The fraction of sp³-hybridized carbons (Fsp3) is 0.227. The molecule has 6 nitrogen and oxygen atoms in total. The summed E-state index contributed by atoms with van der Waals surface area (Å²) in [6.07, 6.45) is 1.68. The van der Waals surface area contributed by atoms with Crippen LogP contribution in [0.2, 0.25) is 5.02 Å². The fourth-order valence-corrected chi connectivity index (χ4v) is 4.89. The van der Waals surface area contributed by atoms with E-state index in [-0.39, 0.29) is 12.5 Å². The van der Waals surface area contributed by atoms with Crippen LogP contribution in [-0.2, 0) is 14.3 Å². The van der Waals surface area contributed by atoms with E-state index >= 15 is 0 Å². The van der Waals surface area contributed by atoms with Crippen molar-refractivity contribution in [1.29, 1.82) is 0 Å². The Labute approximate surface area is 193 Å². The predicted molar refractivity (Wildman–Crippen MR) is 122 cm³/mol. The summed E-state index contributed by atoms with van der Waals surface area (Å²) in [5.41, 5.74) is 0.811. The maximum absolute atomic E-state index is 12.7. The maximum Gasteiger partial charge on any atom is 0.294 e. The number of benzene rings is 2. The van der Waals surface area contributed by atoms with Crippen molar-refractivity contribution in [2.75, 3.05) is 32.8 Å². The molecule has 0 atom stereocenters. The van der Waals surface area contributed by atoms with Crippen LogP contribution in [0.25, 0.3) is 6.08 Å². The van der Waals surface area contributed by atoms with Gasteiger partial charge in [0, 0.05) is 27.9 Å². The van der Waals surface area contributed by atoms with E-state index in [1.165, 1.54) is 0 Å². The van der Waals surface area contributed by atoms with E-state index < -0.39 is 11.1 Å². The van der Waals surface area contributed by atoms with Gasteiger partial charge in [-0.15, -0.1) is 0 Å². The van der Waals surface area contributed by atoms with Crippen LogP contribution in [0.1, 0.15) is 5.56 Å². The quantitative estimate of drug-likeness (QED) is 0.599. The number of amides is 3. The lowest BCUT2D eigenvalue weighted by atomic mass is 10.2. The van der Waals surface area contributed by atoms with Crippen LogP contribution in [0, 0.1) is 0 Å². The van der Waals surface area contributed by atoms with Gasteiger partial charge in [-0.25, -0.2) is 0 Å². The first-order chi connectivity index (χ1) is 15.0. The molecular formula is C22H19ClN2O4S2. The number of ether oxygens (including phenoxy) is 1. The molecule has 0 bridgehead atoms. The highest BCUT2D eigenvalue weighted by molar-refractivity contribution is 8.18. The average molecular weight is 475 g/mol. The SMILES string of the molecule is O=C(CN1C(=O)S/C(=C/c2ccc(Sc3ccc(Cl)cc3)cc2)C1=O)N1CCOCC1. The van der Waals surface area contributed by atoms with Crippen LogP contribution in [-0.4, -0.2) is 59.7 Å². The van der Waals surface area contributed by atoms with E-state index in [9.17, 15) is 14.4 Å². The Bertz CT molecular complexity index is 1020. The van der Waals surface area contributed by atoms with Crippen LogP contribution in [0.5, 0.6) is 0 Å². The zero-order valence-electron chi connectivity index (χ0n) is 16.5. The Morgan fingerprint density at radius 3 is 2.29 bits per heavy atom. The summed E-state index contributed by atoms with van der Waals surface area (Å²) in [6.45, 7) is 1.66. The molecule has 2 aliphatic rings. The van der Waals surface area contributed by atoms with Crippen LogP contribution < -0.4 is 0 Å². The van der Waals surface area contributed by atoms with Crippen LogP contribution in [0.3, 0.4) is 0 Å². The molecule has 31 heavy (non-hydrogen) atoms. The van der Waals surface area contributed by atoms with Gasteiger partial charge in [-0.1, -0.05) is 35.5 Å². The van der Waals surface area contributed by atoms with Crippen molar-refractivity contribution in [2.24, 2.45) is 0 Å². The minimum atomic E-state index is -0.434. The predicted octanol–water partition coefficient (Wildman–Crippen LogP) is 4.39. The Kier molecular flexibility index (Phi) is 7.02. The summed E-state index contributed by atoms with van der Waals surface area (Å²) >= 11 is 8.38. The van der Waals surface area contributed by atoms with Gasteiger partial charge in [0.1, 0.15) is 6.54 Å². The Morgan fingerprint density at radius 2 is 1.65 bits per heavy atom. The summed E-state index contributed by atoms with van der Waals surface area (Å²) in [4.78, 5) is 42.5. The first-order valence-electron chi connectivity index (χ1n) is 9.64. The standard InChI is InChI=1S/C22H19ClN2O4S2/c23-16-3-7-18(8-4-16)30-17-5-1-15(2-6-17)13-19-21(27)25(22(28)31-19)14-20(26)24-9-11-29-12-10-24/h1-8,13H,9-12,14H2/b19-13+. The molecular weight excluding hydrogens is 456 g/mol. The summed E-state index contributed by atoms with van der Waals surface area (Å²) in [7, 11) is 0. The first kappa shape index (κ1) is 22.0. The summed E-state index contributed by atoms with van der Waals surface area (Å²) in [5.74, 6) is -0.674. The highest BCUT2D eigenvalue weighted by Gasteiger charge is 2.37. The molecule has 0 saturated carbocycles. The molecule has 160 valence electrons. The molecule has 0 N–H and O–H groups in total. The molecule has 2 fully saturated rings. The van der Waals surface area contributed by atoms with Gasteiger partial charge in [-0.05, 0) is 59.8 Å². The van der Waals surface area contributed by atoms with E-state index in [0.29, 0.717) is 36.2 Å². The van der Waals surface area contributed by atoms with Crippen molar-refractivity contribution < 1.29 is 19.1 Å². The third-order valence-electron chi connectivity index (χ3n) is 4.76. The van der Waals surface area contributed by atoms with Crippen molar-refractivity contribution in [1.82, 2.24) is 9.80 Å². The average Bonchev–Trinajstić information content (AvgIpc) is 3.04. The fourth-order valence-electron chi connectivity index (χ4n) is 3.11. The highest BCUT2D eigenvalue weighted by atomic mass is 35.5. The van der Waals surface area contributed by atoms with Crippen molar-refractivity contribution in [3.63, 3.8) is 0 Å². The number of imide groups is 1. The van der Waals surface area contributed by atoms with E-state index in [1.54, 1.807) is 22.7 Å². The molecule has 2 aliphatic heterocycles. The second kappa shape index (κ2) is 9.91. The van der Waals surface area contributed by atoms with E-state index in [0.717, 1.165) is 32.0 Å². The van der Waals surface area contributed by atoms with Crippen LogP contribution >= 0.6 is 35.1 Å². The number of hydrogen-bond donors (Lipinski definition) is 0. The smallest absolute Gasteiger partial charge is 0.294 e. The number of carbonyl (C=O) groups excluding carboxylic acids is 3. The Morgan fingerprint density at radius 1 is 1.03 bits per heavy atom. The van der Waals surface area contributed by atoms with Gasteiger partial charge in [0.05, 0.1) is 18.1 Å².